The molecule has 0 aliphatic carbocycles. The van der Waals surface area contributed by atoms with E-state index >= 15 is 0 Å². The number of rotatable bonds is 2. The van der Waals surface area contributed by atoms with Gasteiger partial charge in [-0.3, -0.25) is 4.98 Å². The molecule has 19 heavy (non-hydrogen) atoms. The van der Waals surface area contributed by atoms with Crippen LogP contribution in [0.15, 0.2) is 54.9 Å². The number of fused-ring (bicyclic) bond motifs is 1. The van der Waals surface area contributed by atoms with Crippen LogP contribution in [0.4, 0.5) is 17.1 Å². The van der Waals surface area contributed by atoms with Crippen molar-refractivity contribution in [2.45, 2.75) is 6.92 Å². The summed E-state index contributed by atoms with van der Waals surface area (Å²) in [5, 5.41) is 5.66. The third-order valence-electron chi connectivity index (χ3n) is 3.24. The van der Waals surface area contributed by atoms with E-state index in [1.165, 1.54) is 5.39 Å². The molecule has 0 fully saturated rings. The highest BCUT2D eigenvalue weighted by atomic mass is 14.9. The van der Waals surface area contributed by atoms with E-state index in [9.17, 15) is 0 Å². The minimum atomic E-state index is 0.795. The summed E-state index contributed by atoms with van der Waals surface area (Å²) < 4.78 is 0. The van der Waals surface area contributed by atoms with Crippen molar-refractivity contribution < 1.29 is 0 Å². The first-order valence-electron chi connectivity index (χ1n) is 6.20. The van der Waals surface area contributed by atoms with Crippen molar-refractivity contribution in [1.82, 2.24) is 4.98 Å². The summed E-state index contributed by atoms with van der Waals surface area (Å²) in [7, 11) is 0. The number of nitrogen functional groups attached to an aromatic ring is 1. The first kappa shape index (κ1) is 11.5. The summed E-state index contributed by atoms with van der Waals surface area (Å²) in [6, 6.07) is 14.1. The molecular formula is C16H15N3. The quantitative estimate of drug-likeness (QED) is 0.678. The van der Waals surface area contributed by atoms with E-state index in [1.807, 2.05) is 49.5 Å². The lowest BCUT2D eigenvalue weighted by molar-refractivity contribution is 1.36. The van der Waals surface area contributed by atoms with E-state index in [-0.39, 0.29) is 0 Å². The van der Waals surface area contributed by atoms with Crippen LogP contribution in [-0.4, -0.2) is 4.98 Å². The number of nitrogens with zero attached hydrogens (tertiary/aromatic N) is 1. The Morgan fingerprint density at radius 3 is 2.84 bits per heavy atom. The van der Waals surface area contributed by atoms with Gasteiger partial charge in [-0.2, -0.15) is 0 Å². The molecule has 3 rings (SSSR count). The maximum Gasteiger partial charge on any atom is 0.0479 e. The fourth-order valence-corrected chi connectivity index (χ4v) is 2.10. The van der Waals surface area contributed by atoms with Gasteiger partial charge in [0.25, 0.3) is 0 Å². The van der Waals surface area contributed by atoms with Crippen molar-refractivity contribution >= 4 is 27.8 Å². The minimum Gasteiger partial charge on any atom is -0.398 e. The van der Waals surface area contributed by atoms with Gasteiger partial charge in [0, 0.05) is 34.8 Å². The Balaban J connectivity index is 2.03. The van der Waals surface area contributed by atoms with Crippen LogP contribution in [-0.2, 0) is 0 Å². The van der Waals surface area contributed by atoms with Crippen molar-refractivity contribution in [1.29, 1.82) is 0 Å². The summed E-state index contributed by atoms with van der Waals surface area (Å²) >= 11 is 0. The Morgan fingerprint density at radius 1 is 1.11 bits per heavy atom. The zero-order chi connectivity index (χ0) is 13.2. The first-order valence-corrected chi connectivity index (χ1v) is 6.20. The van der Waals surface area contributed by atoms with Crippen LogP contribution < -0.4 is 11.1 Å². The summed E-state index contributed by atoms with van der Waals surface area (Å²) in [5.74, 6) is 0. The third kappa shape index (κ3) is 2.22. The van der Waals surface area contributed by atoms with Gasteiger partial charge < -0.3 is 11.1 Å². The van der Waals surface area contributed by atoms with E-state index in [4.69, 9.17) is 5.73 Å². The molecule has 0 aliphatic rings. The second kappa shape index (κ2) is 4.61. The fraction of sp³-hybridized carbons (Fsp3) is 0.0625. The molecule has 1 heterocycles. The zero-order valence-corrected chi connectivity index (χ0v) is 10.7. The molecule has 0 bridgehead atoms. The summed E-state index contributed by atoms with van der Waals surface area (Å²) in [4.78, 5) is 4.18. The normalized spacial score (nSPS) is 10.6. The highest BCUT2D eigenvalue weighted by Crippen LogP contribution is 2.27. The largest absolute Gasteiger partial charge is 0.398 e. The highest BCUT2D eigenvalue weighted by molar-refractivity contribution is 5.94. The Kier molecular flexibility index (Phi) is 2.80. The first-order chi connectivity index (χ1) is 9.24. The van der Waals surface area contributed by atoms with Gasteiger partial charge in [0.05, 0.1) is 0 Å². The number of nitrogens with two attached hydrogens (primary N) is 1. The maximum atomic E-state index is 5.93. The second-order valence-corrected chi connectivity index (χ2v) is 4.60. The minimum absolute atomic E-state index is 0.795. The smallest absolute Gasteiger partial charge is 0.0479 e. The monoisotopic (exact) mass is 249 g/mol. The SMILES string of the molecule is Cc1ccc(Nc2cccc3ccncc23)cc1N. The Labute approximate surface area is 112 Å². The van der Waals surface area contributed by atoms with Gasteiger partial charge >= 0.3 is 0 Å². The molecule has 3 N–H and O–H groups in total. The van der Waals surface area contributed by atoms with E-state index in [0.29, 0.717) is 0 Å². The van der Waals surface area contributed by atoms with E-state index in [1.54, 1.807) is 6.20 Å². The molecule has 0 radical (unpaired) electrons. The standard InChI is InChI=1S/C16H15N3/c1-11-5-6-13(9-15(11)17)19-16-4-2-3-12-7-8-18-10-14(12)16/h2-10,19H,17H2,1H3. The van der Waals surface area contributed by atoms with E-state index in [0.717, 1.165) is 28.0 Å². The molecule has 0 spiro atoms. The Bertz CT molecular complexity index is 730. The predicted octanol–water partition coefficient (Wildman–Crippen LogP) is 3.87. The Hall–Kier alpha value is -2.55. The average molecular weight is 249 g/mol. The number of aryl methyl sites for hydroxylation is 1. The van der Waals surface area contributed by atoms with Crippen molar-refractivity contribution in [2.24, 2.45) is 0 Å². The molecule has 3 aromatic rings. The highest BCUT2D eigenvalue weighted by Gasteiger charge is 2.02. The molecule has 1 aromatic heterocycles. The van der Waals surface area contributed by atoms with Gasteiger partial charge in [0.15, 0.2) is 0 Å². The second-order valence-electron chi connectivity index (χ2n) is 4.60. The topological polar surface area (TPSA) is 50.9 Å². The average Bonchev–Trinajstić information content (AvgIpc) is 2.43. The molecule has 94 valence electrons. The Morgan fingerprint density at radius 2 is 2.00 bits per heavy atom. The number of benzene rings is 2. The molecule has 0 amide bonds. The predicted molar refractivity (Wildman–Crippen MR) is 80.6 cm³/mol. The van der Waals surface area contributed by atoms with Crippen LogP contribution in [0.25, 0.3) is 10.8 Å². The number of anilines is 3. The fourth-order valence-electron chi connectivity index (χ4n) is 2.10. The summed E-state index contributed by atoms with van der Waals surface area (Å²) in [5.41, 5.74) is 9.84. The summed E-state index contributed by atoms with van der Waals surface area (Å²) in [6.45, 7) is 2.00. The van der Waals surface area contributed by atoms with Crippen molar-refractivity contribution in [3.05, 3.63) is 60.4 Å². The van der Waals surface area contributed by atoms with Gasteiger partial charge in [-0.1, -0.05) is 18.2 Å². The number of nitrogens with one attached hydrogen (secondary N) is 1. The molecule has 0 saturated carbocycles. The third-order valence-corrected chi connectivity index (χ3v) is 3.24. The van der Waals surface area contributed by atoms with Gasteiger partial charge in [-0.05, 0) is 42.1 Å². The molecule has 0 aliphatic heterocycles. The molecule has 3 nitrogen and oxygen atoms in total. The van der Waals surface area contributed by atoms with Gasteiger partial charge in [-0.15, -0.1) is 0 Å². The van der Waals surface area contributed by atoms with Crippen LogP contribution in [0.3, 0.4) is 0 Å². The lowest BCUT2D eigenvalue weighted by atomic mass is 10.1. The molecule has 3 heteroatoms. The van der Waals surface area contributed by atoms with Crippen molar-refractivity contribution in [3.8, 4) is 0 Å². The van der Waals surface area contributed by atoms with E-state index < -0.39 is 0 Å². The van der Waals surface area contributed by atoms with Gasteiger partial charge in [0.1, 0.15) is 0 Å². The molecule has 0 saturated heterocycles. The molecule has 0 unspecified atom stereocenters. The molecule has 0 atom stereocenters. The lowest BCUT2D eigenvalue weighted by Crippen LogP contribution is -1.95. The maximum absolute atomic E-state index is 5.93. The van der Waals surface area contributed by atoms with Crippen LogP contribution in [0, 0.1) is 6.92 Å². The number of aromatic nitrogens is 1. The van der Waals surface area contributed by atoms with E-state index in [2.05, 4.69) is 16.4 Å². The van der Waals surface area contributed by atoms with Gasteiger partial charge in [0.2, 0.25) is 0 Å². The zero-order valence-electron chi connectivity index (χ0n) is 10.7. The lowest BCUT2D eigenvalue weighted by Gasteiger charge is -2.11. The van der Waals surface area contributed by atoms with Crippen molar-refractivity contribution in [2.75, 3.05) is 11.1 Å². The van der Waals surface area contributed by atoms with Crippen LogP contribution in [0.2, 0.25) is 0 Å². The van der Waals surface area contributed by atoms with Crippen LogP contribution >= 0.6 is 0 Å². The molecular weight excluding hydrogens is 234 g/mol. The van der Waals surface area contributed by atoms with Crippen LogP contribution in [0.5, 0.6) is 0 Å². The van der Waals surface area contributed by atoms with Crippen molar-refractivity contribution in [3.63, 3.8) is 0 Å². The number of hydrogen-bond donors (Lipinski definition) is 2. The number of pyridine rings is 1. The number of hydrogen-bond acceptors (Lipinski definition) is 3. The van der Waals surface area contributed by atoms with Crippen LogP contribution in [0.1, 0.15) is 5.56 Å². The molecule has 2 aromatic carbocycles. The van der Waals surface area contributed by atoms with Gasteiger partial charge in [-0.25, -0.2) is 0 Å². The summed E-state index contributed by atoms with van der Waals surface area (Å²) in [6.07, 6.45) is 3.67.